The molecule has 0 saturated carbocycles. The van der Waals surface area contributed by atoms with Gasteiger partial charge < -0.3 is 10.6 Å². The van der Waals surface area contributed by atoms with Gasteiger partial charge in [0.05, 0.1) is 17.0 Å². The van der Waals surface area contributed by atoms with Crippen LogP contribution < -0.4 is 10.6 Å². The van der Waals surface area contributed by atoms with E-state index in [1.165, 1.54) is 0 Å². The van der Waals surface area contributed by atoms with E-state index in [4.69, 9.17) is 0 Å². The van der Waals surface area contributed by atoms with Crippen LogP contribution in [0.25, 0.3) is 11.3 Å². The Bertz CT molecular complexity index is 604. The minimum Gasteiger partial charge on any atom is -0.348 e. The van der Waals surface area contributed by atoms with Gasteiger partial charge in [0.25, 0.3) is 5.91 Å². The van der Waals surface area contributed by atoms with Crippen molar-refractivity contribution in [3.05, 3.63) is 40.2 Å². The standard InChI is InChI=1S/C15H17N3OS/c1-10-13(15(19)18-12-4-6-16-8-12)2-3-14(17-10)11-5-7-20-9-11/h2-3,5,7,9,12,16H,4,6,8H2,1H3,(H,18,19). The minimum atomic E-state index is -0.0273. The van der Waals surface area contributed by atoms with E-state index >= 15 is 0 Å². The largest absolute Gasteiger partial charge is 0.348 e. The van der Waals surface area contributed by atoms with Gasteiger partial charge in [-0.1, -0.05) is 0 Å². The molecule has 3 heterocycles. The first-order chi connectivity index (χ1) is 9.74. The predicted octanol–water partition coefficient (Wildman–Crippen LogP) is 2.21. The molecule has 104 valence electrons. The Balaban J connectivity index is 1.78. The molecule has 1 saturated heterocycles. The lowest BCUT2D eigenvalue weighted by Crippen LogP contribution is -2.36. The zero-order valence-electron chi connectivity index (χ0n) is 11.3. The van der Waals surface area contributed by atoms with Crippen molar-refractivity contribution in [1.29, 1.82) is 0 Å². The van der Waals surface area contributed by atoms with Gasteiger partial charge in [-0.15, -0.1) is 0 Å². The van der Waals surface area contributed by atoms with Crippen LogP contribution in [0.15, 0.2) is 29.0 Å². The Kier molecular flexibility index (Phi) is 3.80. The average molecular weight is 287 g/mol. The quantitative estimate of drug-likeness (QED) is 0.910. The van der Waals surface area contributed by atoms with Crippen molar-refractivity contribution in [2.75, 3.05) is 13.1 Å². The summed E-state index contributed by atoms with van der Waals surface area (Å²) in [6.07, 6.45) is 0.991. The molecule has 2 N–H and O–H groups in total. The second-order valence-corrected chi connectivity index (χ2v) is 5.78. The Morgan fingerprint density at radius 3 is 3.00 bits per heavy atom. The summed E-state index contributed by atoms with van der Waals surface area (Å²) < 4.78 is 0. The zero-order chi connectivity index (χ0) is 13.9. The maximum atomic E-state index is 12.2. The maximum absolute atomic E-state index is 12.2. The molecule has 1 atom stereocenters. The van der Waals surface area contributed by atoms with Crippen LogP contribution in [0.3, 0.4) is 0 Å². The van der Waals surface area contributed by atoms with Crippen LogP contribution in [0.4, 0.5) is 0 Å². The van der Waals surface area contributed by atoms with Gasteiger partial charge in [-0.05, 0) is 43.5 Å². The molecular weight excluding hydrogens is 270 g/mol. The van der Waals surface area contributed by atoms with Gasteiger partial charge in [-0.2, -0.15) is 11.3 Å². The van der Waals surface area contributed by atoms with Crippen molar-refractivity contribution in [3.63, 3.8) is 0 Å². The van der Waals surface area contributed by atoms with E-state index < -0.39 is 0 Å². The molecule has 1 unspecified atom stereocenters. The van der Waals surface area contributed by atoms with E-state index in [1.54, 1.807) is 11.3 Å². The van der Waals surface area contributed by atoms with Gasteiger partial charge >= 0.3 is 0 Å². The number of aromatic nitrogens is 1. The van der Waals surface area contributed by atoms with Gasteiger partial charge in [-0.25, -0.2) is 0 Å². The number of aryl methyl sites for hydroxylation is 1. The molecule has 4 nitrogen and oxygen atoms in total. The number of nitrogens with zero attached hydrogens (tertiary/aromatic N) is 1. The highest BCUT2D eigenvalue weighted by molar-refractivity contribution is 7.08. The first-order valence-electron chi connectivity index (χ1n) is 6.76. The third-order valence-corrected chi connectivity index (χ3v) is 4.23. The molecule has 0 bridgehead atoms. The fourth-order valence-electron chi connectivity index (χ4n) is 2.41. The average Bonchev–Trinajstić information content (AvgIpc) is 3.11. The molecule has 2 aromatic rings. The fourth-order valence-corrected chi connectivity index (χ4v) is 3.06. The number of hydrogen-bond donors (Lipinski definition) is 2. The van der Waals surface area contributed by atoms with Crippen LogP contribution in [-0.4, -0.2) is 30.0 Å². The smallest absolute Gasteiger partial charge is 0.253 e. The van der Waals surface area contributed by atoms with Crippen molar-refractivity contribution in [3.8, 4) is 11.3 Å². The molecule has 0 radical (unpaired) electrons. The second kappa shape index (κ2) is 5.73. The first-order valence-corrected chi connectivity index (χ1v) is 7.70. The molecule has 3 rings (SSSR count). The molecular formula is C15H17N3OS. The van der Waals surface area contributed by atoms with Crippen LogP contribution in [0, 0.1) is 6.92 Å². The van der Waals surface area contributed by atoms with E-state index in [-0.39, 0.29) is 11.9 Å². The lowest BCUT2D eigenvalue weighted by molar-refractivity contribution is 0.0939. The molecule has 20 heavy (non-hydrogen) atoms. The highest BCUT2D eigenvalue weighted by atomic mass is 32.1. The molecule has 5 heteroatoms. The monoisotopic (exact) mass is 287 g/mol. The van der Waals surface area contributed by atoms with Crippen LogP contribution in [0.5, 0.6) is 0 Å². The summed E-state index contributed by atoms with van der Waals surface area (Å²) >= 11 is 1.65. The third-order valence-electron chi connectivity index (χ3n) is 3.54. The Labute approximate surface area is 122 Å². The summed E-state index contributed by atoms with van der Waals surface area (Å²) in [5.74, 6) is -0.0273. The zero-order valence-corrected chi connectivity index (χ0v) is 12.2. The summed E-state index contributed by atoms with van der Waals surface area (Å²) in [6, 6.07) is 6.05. The van der Waals surface area contributed by atoms with E-state index in [2.05, 4.69) is 21.0 Å². The van der Waals surface area contributed by atoms with Gasteiger partial charge in [0.15, 0.2) is 0 Å². The van der Waals surface area contributed by atoms with Crippen molar-refractivity contribution >= 4 is 17.2 Å². The summed E-state index contributed by atoms with van der Waals surface area (Å²) in [5, 5.41) is 10.4. The highest BCUT2D eigenvalue weighted by Gasteiger charge is 2.19. The van der Waals surface area contributed by atoms with Crippen LogP contribution in [0.2, 0.25) is 0 Å². The molecule has 0 aromatic carbocycles. The van der Waals surface area contributed by atoms with Gasteiger partial charge in [0.2, 0.25) is 0 Å². The molecule has 1 aliphatic heterocycles. The van der Waals surface area contributed by atoms with Gasteiger partial charge in [0.1, 0.15) is 0 Å². The first kappa shape index (κ1) is 13.3. The Morgan fingerprint density at radius 2 is 2.35 bits per heavy atom. The number of thiophene rings is 1. The molecule has 0 aliphatic carbocycles. The number of amides is 1. The van der Waals surface area contributed by atoms with E-state index in [1.807, 2.05) is 30.5 Å². The lowest BCUT2D eigenvalue weighted by Gasteiger charge is -2.12. The normalized spacial score (nSPS) is 18.1. The number of pyridine rings is 1. The fraction of sp³-hybridized carbons (Fsp3) is 0.333. The minimum absolute atomic E-state index is 0.0273. The van der Waals surface area contributed by atoms with Crippen LogP contribution >= 0.6 is 11.3 Å². The number of nitrogens with one attached hydrogen (secondary N) is 2. The molecule has 0 spiro atoms. The summed E-state index contributed by atoms with van der Waals surface area (Å²) in [4.78, 5) is 16.8. The summed E-state index contributed by atoms with van der Waals surface area (Å²) in [6.45, 7) is 3.71. The van der Waals surface area contributed by atoms with E-state index in [9.17, 15) is 4.79 Å². The molecule has 2 aromatic heterocycles. The maximum Gasteiger partial charge on any atom is 0.253 e. The Hall–Kier alpha value is -1.72. The van der Waals surface area contributed by atoms with Crippen molar-refractivity contribution in [2.45, 2.75) is 19.4 Å². The number of rotatable bonds is 3. The van der Waals surface area contributed by atoms with Gasteiger partial charge in [0, 0.05) is 23.5 Å². The molecule has 1 fully saturated rings. The molecule has 1 aliphatic rings. The second-order valence-electron chi connectivity index (χ2n) is 5.00. The van der Waals surface area contributed by atoms with Crippen LogP contribution in [0.1, 0.15) is 22.5 Å². The Morgan fingerprint density at radius 1 is 1.45 bits per heavy atom. The summed E-state index contributed by atoms with van der Waals surface area (Å²) in [7, 11) is 0. The number of carbonyl (C=O) groups is 1. The molecule has 1 amide bonds. The van der Waals surface area contributed by atoms with Crippen molar-refractivity contribution in [1.82, 2.24) is 15.6 Å². The number of hydrogen-bond acceptors (Lipinski definition) is 4. The predicted molar refractivity (Wildman–Crippen MR) is 81.0 cm³/mol. The van der Waals surface area contributed by atoms with E-state index in [0.29, 0.717) is 5.56 Å². The third kappa shape index (κ3) is 2.73. The van der Waals surface area contributed by atoms with Crippen LogP contribution in [-0.2, 0) is 0 Å². The topological polar surface area (TPSA) is 54.0 Å². The lowest BCUT2D eigenvalue weighted by atomic mass is 10.1. The van der Waals surface area contributed by atoms with Crippen molar-refractivity contribution in [2.24, 2.45) is 0 Å². The van der Waals surface area contributed by atoms with Crippen molar-refractivity contribution < 1.29 is 4.79 Å². The number of carbonyl (C=O) groups excluding carboxylic acids is 1. The SMILES string of the molecule is Cc1nc(-c2ccsc2)ccc1C(=O)NC1CCNC1. The van der Waals surface area contributed by atoms with Gasteiger partial charge in [-0.3, -0.25) is 9.78 Å². The summed E-state index contributed by atoms with van der Waals surface area (Å²) in [5.41, 5.74) is 3.46. The highest BCUT2D eigenvalue weighted by Crippen LogP contribution is 2.21. The van der Waals surface area contributed by atoms with E-state index in [0.717, 1.165) is 36.5 Å².